The third-order valence-corrected chi connectivity index (χ3v) is 5.95. The number of sulfone groups is 1. The van der Waals surface area contributed by atoms with Crippen molar-refractivity contribution in [2.75, 3.05) is 22.1 Å². The van der Waals surface area contributed by atoms with Crippen molar-refractivity contribution in [3.8, 4) is 0 Å². The average molecular weight is 390 g/mol. The predicted octanol–water partition coefficient (Wildman–Crippen LogP) is 2.41. The average Bonchev–Trinajstić information content (AvgIpc) is 2.94. The third-order valence-electron chi connectivity index (χ3n) is 3.98. The number of hydrogen-bond donors (Lipinski definition) is 3. The van der Waals surface area contributed by atoms with Crippen molar-refractivity contribution in [3.05, 3.63) is 60.2 Å². The lowest BCUT2D eigenvalue weighted by atomic mass is 10.1. The molecule has 0 unspecified atom stereocenters. The Morgan fingerprint density at radius 1 is 1.00 bits per heavy atom. The summed E-state index contributed by atoms with van der Waals surface area (Å²) in [7, 11) is -3.03. The van der Waals surface area contributed by atoms with Crippen molar-refractivity contribution in [1.29, 1.82) is 0 Å². The largest absolute Gasteiger partial charge is 0.348 e. The molecular formula is C18H19N3O3S2. The molecule has 8 heteroatoms. The van der Waals surface area contributed by atoms with E-state index in [9.17, 15) is 13.2 Å². The molecule has 136 valence electrons. The minimum absolute atomic E-state index is 0.00175. The number of nitrogens with one attached hydrogen (secondary N) is 3. The van der Waals surface area contributed by atoms with Crippen LogP contribution in [0, 0.1) is 0 Å². The summed E-state index contributed by atoms with van der Waals surface area (Å²) >= 11 is 5.28. The van der Waals surface area contributed by atoms with E-state index < -0.39 is 9.84 Å². The molecule has 26 heavy (non-hydrogen) atoms. The number of benzene rings is 2. The maximum Gasteiger partial charge on any atom is 0.251 e. The molecule has 0 spiro atoms. The molecule has 0 radical (unpaired) electrons. The van der Waals surface area contributed by atoms with E-state index in [-0.39, 0.29) is 23.5 Å². The van der Waals surface area contributed by atoms with Crippen molar-refractivity contribution in [2.24, 2.45) is 0 Å². The Kier molecular flexibility index (Phi) is 5.53. The van der Waals surface area contributed by atoms with Crippen LogP contribution in [0.25, 0.3) is 0 Å². The van der Waals surface area contributed by atoms with Gasteiger partial charge in [-0.2, -0.15) is 0 Å². The Morgan fingerprint density at radius 3 is 2.38 bits per heavy atom. The Labute approximate surface area is 157 Å². The fourth-order valence-electron chi connectivity index (χ4n) is 2.73. The van der Waals surface area contributed by atoms with Crippen LogP contribution >= 0.6 is 12.2 Å². The van der Waals surface area contributed by atoms with Crippen LogP contribution in [0.1, 0.15) is 16.8 Å². The minimum Gasteiger partial charge on any atom is -0.348 e. The van der Waals surface area contributed by atoms with Crippen LogP contribution in [0.4, 0.5) is 11.4 Å². The van der Waals surface area contributed by atoms with E-state index in [0.717, 1.165) is 5.69 Å². The number of anilines is 2. The van der Waals surface area contributed by atoms with Gasteiger partial charge in [-0.05, 0) is 49.0 Å². The minimum atomic E-state index is -3.03. The van der Waals surface area contributed by atoms with E-state index in [2.05, 4.69) is 16.0 Å². The summed E-state index contributed by atoms with van der Waals surface area (Å²) in [5.74, 6) is -0.168. The lowest BCUT2D eigenvalue weighted by Crippen LogP contribution is -2.35. The normalized spacial score (nSPS) is 18.1. The summed E-state index contributed by atoms with van der Waals surface area (Å²) in [5, 5.41) is 9.29. The molecule has 0 bridgehead atoms. The van der Waals surface area contributed by atoms with Crippen LogP contribution in [0.15, 0.2) is 54.6 Å². The third kappa shape index (κ3) is 5.03. The van der Waals surface area contributed by atoms with Gasteiger partial charge in [0.25, 0.3) is 5.91 Å². The smallest absolute Gasteiger partial charge is 0.251 e. The Bertz CT molecular complexity index is 914. The summed E-state index contributed by atoms with van der Waals surface area (Å²) in [5.41, 5.74) is 1.98. The molecule has 1 fully saturated rings. The number of thiocarbonyl (C=S) groups is 1. The van der Waals surface area contributed by atoms with E-state index >= 15 is 0 Å². The number of hydrogen-bond acceptors (Lipinski definition) is 4. The zero-order valence-electron chi connectivity index (χ0n) is 13.9. The number of carbonyl (C=O) groups is 1. The molecule has 2 aromatic carbocycles. The van der Waals surface area contributed by atoms with Crippen LogP contribution in [0.5, 0.6) is 0 Å². The van der Waals surface area contributed by atoms with Crippen LogP contribution in [0.3, 0.4) is 0 Å². The van der Waals surface area contributed by atoms with Gasteiger partial charge in [0.1, 0.15) is 0 Å². The second-order valence-electron chi connectivity index (χ2n) is 6.10. The first kappa shape index (κ1) is 18.3. The van der Waals surface area contributed by atoms with E-state index in [1.54, 1.807) is 24.3 Å². The highest BCUT2D eigenvalue weighted by Crippen LogP contribution is 2.15. The van der Waals surface area contributed by atoms with E-state index in [1.807, 2.05) is 30.3 Å². The summed E-state index contributed by atoms with van der Waals surface area (Å²) in [6, 6.07) is 16.1. The molecule has 1 aliphatic heterocycles. The van der Waals surface area contributed by atoms with Crippen molar-refractivity contribution >= 4 is 44.4 Å². The molecule has 0 aromatic heterocycles. The first-order chi connectivity index (χ1) is 12.4. The van der Waals surface area contributed by atoms with Crippen LogP contribution in [0.2, 0.25) is 0 Å². The molecule has 3 rings (SSSR count). The van der Waals surface area contributed by atoms with Crippen LogP contribution < -0.4 is 16.0 Å². The van der Waals surface area contributed by atoms with Crippen LogP contribution in [-0.4, -0.2) is 37.0 Å². The topological polar surface area (TPSA) is 87.3 Å². The monoisotopic (exact) mass is 389 g/mol. The van der Waals surface area contributed by atoms with Crippen molar-refractivity contribution in [2.45, 2.75) is 12.5 Å². The Balaban J connectivity index is 1.60. The summed E-state index contributed by atoms with van der Waals surface area (Å²) in [4.78, 5) is 12.4. The summed E-state index contributed by atoms with van der Waals surface area (Å²) < 4.78 is 23.0. The molecule has 1 aliphatic rings. The molecule has 1 amide bonds. The Morgan fingerprint density at radius 2 is 1.69 bits per heavy atom. The van der Waals surface area contributed by atoms with Gasteiger partial charge in [0.2, 0.25) is 0 Å². The lowest BCUT2D eigenvalue weighted by Gasteiger charge is -2.13. The number of carbonyl (C=O) groups excluding carboxylic acids is 1. The molecule has 0 saturated carbocycles. The Hall–Kier alpha value is -2.45. The number of para-hydroxylation sites is 1. The lowest BCUT2D eigenvalue weighted by molar-refractivity contribution is 0.0941. The van der Waals surface area contributed by atoms with Gasteiger partial charge in [0.15, 0.2) is 14.9 Å². The highest BCUT2D eigenvalue weighted by Gasteiger charge is 2.29. The second-order valence-corrected chi connectivity index (χ2v) is 8.74. The van der Waals surface area contributed by atoms with E-state index in [1.165, 1.54) is 0 Å². The van der Waals surface area contributed by atoms with Gasteiger partial charge in [-0.3, -0.25) is 4.79 Å². The van der Waals surface area contributed by atoms with Crippen LogP contribution in [-0.2, 0) is 9.84 Å². The van der Waals surface area contributed by atoms with Gasteiger partial charge in [-0.15, -0.1) is 0 Å². The first-order valence-corrected chi connectivity index (χ1v) is 10.4. The quantitative estimate of drug-likeness (QED) is 0.696. The highest BCUT2D eigenvalue weighted by molar-refractivity contribution is 7.91. The number of rotatable bonds is 4. The SMILES string of the molecule is O=C(N[C@H]1CCS(=O)(=O)C1)c1cccc(NC(=S)Nc2ccccc2)c1. The molecule has 6 nitrogen and oxygen atoms in total. The number of amides is 1. The van der Waals surface area contributed by atoms with Crippen molar-refractivity contribution in [3.63, 3.8) is 0 Å². The first-order valence-electron chi connectivity index (χ1n) is 8.16. The molecular weight excluding hydrogens is 370 g/mol. The molecule has 2 aromatic rings. The van der Waals surface area contributed by atoms with E-state index in [4.69, 9.17) is 12.2 Å². The van der Waals surface area contributed by atoms with Crippen molar-refractivity contribution in [1.82, 2.24) is 5.32 Å². The zero-order valence-corrected chi connectivity index (χ0v) is 15.6. The highest BCUT2D eigenvalue weighted by atomic mass is 32.2. The van der Waals surface area contributed by atoms with E-state index in [0.29, 0.717) is 22.8 Å². The van der Waals surface area contributed by atoms with Gasteiger partial charge >= 0.3 is 0 Å². The molecule has 1 saturated heterocycles. The van der Waals surface area contributed by atoms with Gasteiger partial charge in [-0.1, -0.05) is 24.3 Å². The summed E-state index contributed by atoms with van der Waals surface area (Å²) in [6.45, 7) is 0. The summed E-state index contributed by atoms with van der Waals surface area (Å²) in [6.07, 6.45) is 0.455. The fourth-order valence-corrected chi connectivity index (χ4v) is 4.64. The molecule has 1 heterocycles. The maximum absolute atomic E-state index is 12.4. The molecule has 3 N–H and O–H groups in total. The van der Waals surface area contributed by atoms with Crippen molar-refractivity contribution < 1.29 is 13.2 Å². The van der Waals surface area contributed by atoms with Gasteiger partial charge in [-0.25, -0.2) is 8.42 Å². The zero-order chi connectivity index (χ0) is 18.6. The van der Waals surface area contributed by atoms with Gasteiger partial charge in [0, 0.05) is 23.0 Å². The van der Waals surface area contributed by atoms with Gasteiger partial charge in [0.05, 0.1) is 11.5 Å². The molecule has 0 aliphatic carbocycles. The second kappa shape index (κ2) is 7.84. The maximum atomic E-state index is 12.4. The predicted molar refractivity (Wildman–Crippen MR) is 107 cm³/mol. The fraction of sp³-hybridized carbons (Fsp3) is 0.222. The van der Waals surface area contributed by atoms with Gasteiger partial charge < -0.3 is 16.0 Å². The standard InChI is InChI=1S/C18H19N3O3S2/c22-17(19-16-9-10-26(23,24)12-16)13-5-4-8-15(11-13)21-18(25)20-14-6-2-1-3-7-14/h1-8,11,16H,9-10,12H2,(H,19,22)(H2,20,21,25)/t16-/m0/s1. The molecule has 1 atom stereocenters.